The van der Waals surface area contributed by atoms with Crippen molar-refractivity contribution in [2.24, 2.45) is 0 Å². The van der Waals surface area contributed by atoms with Gasteiger partial charge in [0.25, 0.3) is 0 Å². The average Bonchev–Trinajstić information content (AvgIpc) is 2.99. The van der Waals surface area contributed by atoms with Crippen LogP contribution in [-0.2, 0) is 30.3 Å². The number of hydrogen-bond donors (Lipinski definition) is 6. The zero-order chi connectivity index (χ0) is 31.5. The molecule has 0 bridgehead atoms. The monoisotopic (exact) mass is 607 g/mol. The van der Waals surface area contributed by atoms with Gasteiger partial charge in [-0.05, 0) is 24.8 Å². The van der Waals surface area contributed by atoms with Gasteiger partial charge in [0, 0.05) is 32.9 Å². The smallest absolute Gasteiger partial charge is 0.242 e. The summed E-state index contributed by atoms with van der Waals surface area (Å²) >= 11 is 0. The van der Waals surface area contributed by atoms with Crippen LogP contribution in [0.3, 0.4) is 0 Å². The molecule has 11 nitrogen and oxygen atoms in total. The fourth-order valence-electron chi connectivity index (χ4n) is 5.12. The van der Waals surface area contributed by atoms with Crippen LogP contribution in [0.5, 0.6) is 0 Å². The third-order valence-electron chi connectivity index (χ3n) is 7.59. The van der Waals surface area contributed by atoms with Crippen LogP contribution in [0.25, 0.3) is 0 Å². The van der Waals surface area contributed by atoms with Gasteiger partial charge in [0.15, 0.2) is 6.29 Å². The van der Waals surface area contributed by atoms with E-state index in [9.17, 15) is 29.7 Å². The Kier molecular flexibility index (Phi) is 18.0. The molecule has 3 amide bonds. The first-order valence-electron chi connectivity index (χ1n) is 15.9. The van der Waals surface area contributed by atoms with Gasteiger partial charge >= 0.3 is 0 Å². The van der Waals surface area contributed by atoms with Crippen LogP contribution < -0.4 is 16.0 Å². The second kappa shape index (κ2) is 21.2. The number of benzene rings is 1. The van der Waals surface area contributed by atoms with Gasteiger partial charge in [0.1, 0.15) is 30.4 Å². The number of carbonyl (C=O) groups excluding carboxylic acids is 3. The normalized spacial score (nSPS) is 22.5. The number of carbonyl (C=O) groups is 3. The fourth-order valence-corrected chi connectivity index (χ4v) is 5.12. The van der Waals surface area contributed by atoms with E-state index in [-0.39, 0.29) is 18.4 Å². The van der Waals surface area contributed by atoms with Gasteiger partial charge in [-0.2, -0.15) is 0 Å². The first-order valence-corrected chi connectivity index (χ1v) is 15.9. The van der Waals surface area contributed by atoms with Crippen LogP contribution in [0.1, 0.15) is 90.0 Å². The van der Waals surface area contributed by atoms with Crippen molar-refractivity contribution in [3.63, 3.8) is 0 Å². The van der Waals surface area contributed by atoms with E-state index in [0.29, 0.717) is 25.8 Å². The van der Waals surface area contributed by atoms with Gasteiger partial charge in [-0.1, -0.05) is 82.2 Å². The Hall–Kier alpha value is -2.57. The lowest BCUT2D eigenvalue weighted by Crippen LogP contribution is -2.64. The minimum atomic E-state index is -1.35. The number of aliphatic hydroxyl groups excluding tert-OH is 3. The van der Waals surface area contributed by atoms with Crippen molar-refractivity contribution in [3.8, 4) is 0 Å². The molecule has 0 radical (unpaired) electrons. The summed E-state index contributed by atoms with van der Waals surface area (Å²) in [6, 6.07) is 8.07. The number of aliphatic hydroxyl groups is 3. The molecule has 43 heavy (non-hydrogen) atoms. The summed E-state index contributed by atoms with van der Waals surface area (Å²) in [7, 11) is 0. The zero-order valence-electron chi connectivity index (χ0n) is 25.8. The molecule has 6 N–H and O–H groups in total. The Labute approximate surface area is 256 Å². The quantitative estimate of drug-likeness (QED) is 0.116. The van der Waals surface area contributed by atoms with E-state index in [2.05, 4.69) is 22.9 Å². The van der Waals surface area contributed by atoms with Crippen molar-refractivity contribution in [1.29, 1.82) is 0 Å². The molecule has 1 heterocycles. The van der Waals surface area contributed by atoms with Crippen LogP contribution in [0.2, 0.25) is 0 Å². The van der Waals surface area contributed by atoms with Crippen molar-refractivity contribution in [3.05, 3.63) is 35.9 Å². The Morgan fingerprint density at radius 3 is 2.30 bits per heavy atom. The molecule has 1 aliphatic rings. The first-order chi connectivity index (χ1) is 20.8. The Morgan fingerprint density at radius 2 is 1.60 bits per heavy atom. The maximum absolute atomic E-state index is 13.0. The minimum absolute atomic E-state index is 0.0957. The topological polar surface area (TPSA) is 166 Å². The van der Waals surface area contributed by atoms with Crippen molar-refractivity contribution in [2.75, 3.05) is 19.8 Å². The molecular formula is C32H53N3O8. The highest BCUT2D eigenvalue weighted by Gasteiger charge is 2.45. The molecule has 0 saturated carbocycles. The second-order valence-electron chi connectivity index (χ2n) is 11.3. The van der Waals surface area contributed by atoms with Gasteiger partial charge < -0.3 is 40.7 Å². The van der Waals surface area contributed by atoms with Crippen molar-refractivity contribution < 1.29 is 39.2 Å². The number of amides is 3. The number of ether oxygens (including phenoxy) is 2. The molecule has 244 valence electrons. The third-order valence-corrected chi connectivity index (χ3v) is 7.59. The highest BCUT2D eigenvalue weighted by Crippen LogP contribution is 2.22. The summed E-state index contributed by atoms with van der Waals surface area (Å²) in [4.78, 5) is 37.1. The van der Waals surface area contributed by atoms with E-state index < -0.39 is 49.2 Å². The standard InChI is InChI=1S/C32H53N3O8/c1-3-4-5-6-7-13-18-27(38)35-25(21-24-16-11-10-12-17-24)31(41)33-19-14-8-9-15-20-42-32-28(34-23(2)37)30(40)29(39)26(22-36)43-32/h10-12,16-17,25-26,28-30,32,36,39-40H,3-9,13-15,18-22H2,1-2H3,(H,33,41)(H,34,37)(H,35,38)/t25-,26?,28?,29+,30?,32+/m0/s1. The fraction of sp³-hybridized carbons (Fsp3) is 0.719. The van der Waals surface area contributed by atoms with Gasteiger partial charge in [0.05, 0.1) is 6.61 Å². The minimum Gasteiger partial charge on any atom is -0.394 e. The second-order valence-corrected chi connectivity index (χ2v) is 11.3. The molecular weight excluding hydrogens is 554 g/mol. The molecule has 11 heteroatoms. The average molecular weight is 608 g/mol. The summed E-state index contributed by atoms with van der Waals surface area (Å²) in [5, 5.41) is 38.3. The van der Waals surface area contributed by atoms with Crippen LogP contribution >= 0.6 is 0 Å². The van der Waals surface area contributed by atoms with Crippen molar-refractivity contribution in [1.82, 2.24) is 16.0 Å². The van der Waals surface area contributed by atoms with Crippen LogP contribution in [0, 0.1) is 0 Å². The van der Waals surface area contributed by atoms with Crippen LogP contribution in [0.4, 0.5) is 0 Å². The summed E-state index contributed by atoms with van der Waals surface area (Å²) in [5.41, 5.74) is 0.984. The summed E-state index contributed by atoms with van der Waals surface area (Å²) in [5.74, 6) is -0.691. The van der Waals surface area contributed by atoms with E-state index in [4.69, 9.17) is 9.47 Å². The molecule has 0 aliphatic carbocycles. The van der Waals surface area contributed by atoms with Crippen LogP contribution in [-0.4, -0.2) is 89.5 Å². The SMILES string of the molecule is CCCCCCCCC(=O)N[C@@H](Cc1ccccc1)C(=O)NCCCCCCO[C@@H]1OC(CO)[C@@H](O)C(O)C1NC(C)=O. The highest BCUT2D eigenvalue weighted by molar-refractivity contribution is 5.87. The molecule has 1 aromatic rings. The van der Waals surface area contributed by atoms with E-state index in [1.165, 1.54) is 26.2 Å². The molecule has 0 spiro atoms. The van der Waals surface area contributed by atoms with E-state index in [1.54, 1.807) is 0 Å². The number of unbranched alkanes of at least 4 members (excludes halogenated alkanes) is 8. The maximum atomic E-state index is 13.0. The molecule has 1 aliphatic heterocycles. The summed E-state index contributed by atoms with van der Waals surface area (Å²) in [6.07, 6.45) is 5.79. The molecule has 2 rings (SSSR count). The lowest BCUT2D eigenvalue weighted by molar-refractivity contribution is -0.270. The van der Waals surface area contributed by atoms with Gasteiger partial charge in [-0.25, -0.2) is 0 Å². The molecule has 1 fully saturated rings. The predicted molar refractivity (Wildman–Crippen MR) is 163 cm³/mol. The van der Waals surface area contributed by atoms with E-state index in [0.717, 1.165) is 44.1 Å². The molecule has 3 unspecified atom stereocenters. The molecule has 6 atom stereocenters. The number of nitrogens with one attached hydrogen (secondary N) is 3. The lowest BCUT2D eigenvalue weighted by atomic mass is 9.97. The number of rotatable bonds is 21. The van der Waals surface area contributed by atoms with Gasteiger partial charge in [0.2, 0.25) is 17.7 Å². The maximum Gasteiger partial charge on any atom is 0.242 e. The Bertz CT molecular complexity index is 934. The van der Waals surface area contributed by atoms with E-state index >= 15 is 0 Å². The Balaban J connectivity index is 1.71. The zero-order valence-corrected chi connectivity index (χ0v) is 25.8. The lowest BCUT2D eigenvalue weighted by Gasteiger charge is -2.42. The molecule has 1 aromatic carbocycles. The van der Waals surface area contributed by atoms with Crippen molar-refractivity contribution >= 4 is 17.7 Å². The summed E-state index contributed by atoms with van der Waals surface area (Å²) < 4.78 is 11.3. The largest absolute Gasteiger partial charge is 0.394 e. The van der Waals surface area contributed by atoms with Gasteiger partial charge in [-0.15, -0.1) is 0 Å². The summed E-state index contributed by atoms with van der Waals surface area (Å²) in [6.45, 7) is 3.75. The van der Waals surface area contributed by atoms with Gasteiger partial charge in [-0.3, -0.25) is 14.4 Å². The highest BCUT2D eigenvalue weighted by atomic mass is 16.7. The molecule has 1 saturated heterocycles. The molecule has 0 aromatic heterocycles. The van der Waals surface area contributed by atoms with E-state index in [1.807, 2.05) is 30.3 Å². The predicted octanol–water partition coefficient (Wildman–Crippen LogP) is 2.10. The van der Waals surface area contributed by atoms with Crippen LogP contribution in [0.15, 0.2) is 30.3 Å². The number of hydrogen-bond acceptors (Lipinski definition) is 8. The Morgan fingerprint density at radius 1 is 0.930 bits per heavy atom. The first kappa shape index (κ1) is 36.6. The third kappa shape index (κ3) is 14.2. The van der Waals surface area contributed by atoms with Crippen molar-refractivity contribution in [2.45, 2.75) is 128 Å².